The number of hydrogen-bond acceptors (Lipinski definition) is 6. The lowest BCUT2D eigenvalue weighted by molar-refractivity contribution is 0.0767. The van der Waals surface area contributed by atoms with Gasteiger partial charge in [-0.25, -0.2) is 0 Å². The molecule has 1 aliphatic carbocycles. The first-order chi connectivity index (χ1) is 13.2. The molecule has 3 heterocycles. The summed E-state index contributed by atoms with van der Waals surface area (Å²) in [4.78, 5) is 22.9. The van der Waals surface area contributed by atoms with Gasteiger partial charge in [0.05, 0.1) is 17.5 Å². The van der Waals surface area contributed by atoms with Gasteiger partial charge in [0.1, 0.15) is 6.54 Å². The summed E-state index contributed by atoms with van der Waals surface area (Å²) in [5.41, 5.74) is 2.36. The fourth-order valence-corrected chi connectivity index (χ4v) is 3.58. The molecule has 0 saturated heterocycles. The van der Waals surface area contributed by atoms with E-state index < -0.39 is 0 Å². The normalized spacial score (nSPS) is 15.0. The number of carbonyl (C=O) groups excluding carboxylic acids is 1. The van der Waals surface area contributed by atoms with Gasteiger partial charge in [-0.3, -0.25) is 14.9 Å². The summed E-state index contributed by atoms with van der Waals surface area (Å²) in [6, 6.07) is 3.67. The molecule has 0 radical (unpaired) electrons. The Hall–Kier alpha value is -3.03. The second-order valence-corrected chi connectivity index (χ2v) is 6.95. The number of carbonyl (C=O) groups is 1. The Labute approximate surface area is 157 Å². The van der Waals surface area contributed by atoms with Crippen LogP contribution in [0.1, 0.15) is 60.0 Å². The minimum atomic E-state index is -0.0922. The molecule has 1 fully saturated rings. The third-order valence-electron chi connectivity index (χ3n) is 5.02. The molecular weight excluding hydrogens is 344 g/mol. The zero-order chi connectivity index (χ0) is 18.6. The van der Waals surface area contributed by atoms with Gasteiger partial charge in [0.15, 0.2) is 0 Å². The van der Waals surface area contributed by atoms with Gasteiger partial charge < -0.3 is 9.42 Å². The molecule has 8 heteroatoms. The summed E-state index contributed by atoms with van der Waals surface area (Å²) in [6.07, 6.45) is 10.9. The Balaban J connectivity index is 1.46. The third kappa shape index (κ3) is 3.74. The number of rotatable bonds is 5. The van der Waals surface area contributed by atoms with Crippen molar-refractivity contribution in [1.82, 2.24) is 30.2 Å². The van der Waals surface area contributed by atoms with Gasteiger partial charge in [0.2, 0.25) is 11.7 Å². The number of nitrogens with zero attached hydrogens (tertiary/aromatic N) is 5. The minimum Gasteiger partial charge on any atom is -0.337 e. The van der Waals surface area contributed by atoms with Crippen molar-refractivity contribution in [1.29, 1.82) is 0 Å². The first kappa shape index (κ1) is 17.4. The molecule has 27 heavy (non-hydrogen) atoms. The molecular formula is C19H22N6O2. The van der Waals surface area contributed by atoms with Crippen molar-refractivity contribution >= 4 is 5.91 Å². The lowest BCUT2D eigenvalue weighted by Gasteiger charge is -2.22. The maximum absolute atomic E-state index is 12.9. The fourth-order valence-electron chi connectivity index (χ4n) is 3.58. The smallest absolute Gasteiger partial charge is 0.257 e. The molecule has 0 atom stereocenters. The molecule has 3 aromatic heterocycles. The maximum atomic E-state index is 12.9. The van der Waals surface area contributed by atoms with Gasteiger partial charge in [0, 0.05) is 30.9 Å². The van der Waals surface area contributed by atoms with E-state index in [1.165, 1.54) is 19.3 Å². The van der Waals surface area contributed by atoms with Crippen LogP contribution in [-0.4, -0.2) is 43.2 Å². The molecule has 1 amide bonds. The quantitative estimate of drug-likeness (QED) is 0.744. The van der Waals surface area contributed by atoms with Gasteiger partial charge in [-0.15, -0.1) is 0 Å². The van der Waals surface area contributed by atoms with Crippen molar-refractivity contribution in [3.63, 3.8) is 0 Å². The van der Waals surface area contributed by atoms with E-state index in [2.05, 4.69) is 25.3 Å². The lowest BCUT2D eigenvalue weighted by Crippen LogP contribution is -2.27. The molecule has 1 N–H and O–H groups in total. The Kier molecular flexibility index (Phi) is 4.95. The highest BCUT2D eigenvalue weighted by Gasteiger charge is 2.25. The summed E-state index contributed by atoms with van der Waals surface area (Å²) in [5, 5.41) is 11.1. The molecule has 1 saturated carbocycles. The van der Waals surface area contributed by atoms with E-state index in [0.717, 1.165) is 24.1 Å². The van der Waals surface area contributed by atoms with Crippen LogP contribution in [0.15, 0.2) is 35.2 Å². The van der Waals surface area contributed by atoms with Crippen LogP contribution in [0.2, 0.25) is 0 Å². The zero-order valence-electron chi connectivity index (χ0n) is 15.3. The molecule has 0 aromatic carbocycles. The van der Waals surface area contributed by atoms with Crippen LogP contribution >= 0.6 is 0 Å². The van der Waals surface area contributed by atoms with E-state index in [1.54, 1.807) is 30.5 Å². The second-order valence-electron chi connectivity index (χ2n) is 6.95. The molecule has 140 valence electrons. The fraction of sp³-hybridized carbons (Fsp3) is 0.421. The number of aromatic nitrogens is 5. The predicted octanol–water partition coefficient (Wildman–Crippen LogP) is 3.17. The Morgan fingerprint density at radius 1 is 1.30 bits per heavy atom. The van der Waals surface area contributed by atoms with Crippen molar-refractivity contribution in [2.24, 2.45) is 0 Å². The first-order valence-corrected chi connectivity index (χ1v) is 9.24. The standard InChI is InChI=1S/C19H22N6O2/c1-25(12-16-22-18(24-27-16)14-8-5-9-20-10-14)19(26)15-11-21-23-17(15)13-6-3-2-4-7-13/h5,8-11,13H,2-4,6-7,12H2,1H3,(H,21,23). The summed E-state index contributed by atoms with van der Waals surface area (Å²) >= 11 is 0. The van der Waals surface area contributed by atoms with Gasteiger partial charge >= 0.3 is 0 Å². The van der Waals surface area contributed by atoms with Crippen LogP contribution in [0.3, 0.4) is 0 Å². The first-order valence-electron chi connectivity index (χ1n) is 9.24. The van der Waals surface area contributed by atoms with E-state index in [1.807, 2.05) is 12.1 Å². The van der Waals surface area contributed by atoms with E-state index in [9.17, 15) is 4.79 Å². The number of nitrogens with one attached hydrogen (secondary N) is 1. The van der Waals surface area contributed by atoms with E-state index >= 15 is 0 Å². The largest absolute Gasteiger partial charge is 0.337 e. The number of amides is 1. The number of pyridine rings is 1. The van der Waals surface area contributed by atoms with Crippen molar-refractivity contribution in [2.75, 3.05) is 7.05 Å². The van der Waals surface area contributed by atoms with Crippen LogP contribution in [0.25, 0.3) is 11.4 Å². The van der Waals surface area contributed by atoms with Crippen LogP contribution in [-0.2, 0) is 6.54 Å². The molecule has 0 aliphatic heterocycles. The zero-order valence-corrected chi connectivity index (χ0v) is 15.3. The van der Waals surface area contributed by atoms with Crippen molar-refractivity contribution in [2.45, 2.75) is 44.6 Å². The summed E-state index contributed by atoms with van der Waals surface area (Å²) in [5.74, 6) is 1.14. The van der Waals surface area contributed by atoms with Crippen LogP contribution in [0.4, 0.5) is 0 Å². The second kappa shape index (κ2) is 7.69. The van der Waals surface area contributed by atoms with E-state index in [0.29, 0.717) is 23.2 Å². The van der Waals surface area contributed by atoms with Crippen molar-refractivity contribution < 1.29 is 9.32 Å². The summed E-state index contributed by atoms with van der Waals surface area (Å²) in [6.45, 7) is 0.237. The highest BCUT2D eigenvalue weighted by Crippen LogP contribution is 2.33. The Morgan fingerprint density at radius 2 is 2.15 bits per heavy atom. The molecule has 4 rings (SSSR count). The van der Waals surface area contributed by atoms with E-state index in [4.69, 9.17) is 4.52 Å². The molecule has 0 unspecified atom stereocenters. The highest BCUT2D eigenvalue weighted by molar-refractivity contribution is 5.95. The van der Waals surface area contributed by atoms with Crippen molar-refractivity contribution in [3.05, 3.63) is 47.9 Å². The average molecular weight is 366 g/mol. The Morgan fingerprint density at radius 3 is 2.93 bits per heavy atom. The minimum absolute atomic E-state index is 0.0922. The van der Waals surface area contributed by atoms with Crippen LogP contribution in [0, 0.1) is 0 Å². The molecule has 0 bridgehead atoms. The number of aromatic amines is 1. The third-order valence-corrected chi connectivity index (χ3v) is 5.02. The predicted molar refractivity (Wildman–Crippen MR) is 97.7 cm³/mol. The Bertz CT molecular complexity index is 898. The molecule has 8 nitrogen and oxygen atoms in total. The summed E-state index contributed by atoms with van der Waals surface area (Å²) in [7, 11) is 1.73. The highest BCUT2D eigenvalue weighted by atomic mass is 16.5. The van der Waals surface area contributed by atoms with E-state index in [-0.39, 0.29) is 12.5 Å². The maximum Gasteiger partial charge on any atom is 0.257 e. The molecule has 1 aliphatic rings. The summed E-state index contributed by atoms with van der Waals surface area (Å²) < 4.78 is 5.30. The topological polar surface area (TPSA) is 101 Å². The van der Waals surface area contributed by atoms with Gasteiger partial charge in [-0.2, -0.15) is 10.1 Å². The average Bonchev–Trinajstić information content (AvgIpc) is 3.38. The monoisotopic (exact) mass is 366 g/mol. The SMILES string of the molecule is CN(Cc1nc(-c2cccnc2)no1)C(=O)c1cn[nH]c1C1CCCCC1. The van der Waals surface area contributed by atoms with Gasteiger partial charge in [-0.05, 0) is 25.0 Å². The van der Waals surface area contributed by atoms with Crippen molar-refractivity contribution in [3.8, 4) is 11.4 Å². The molecule has 0 spiro atoms. The van der Waals surface area contributed by atoms with Crippen LogP contribution in [0.5, 0.6) is 0 Å². The number of H-pyrrole nitrogens is 1. The van der Waals surface area contributed by atoms with Crippen LogP contribution < -0.4 is 0 Å². The molecule has 3 aromatic rings. The van der Waals surface area contributed by atoms with Gasteiger partial charge in [0.25, 0.3) is 5.91 Å². The number of hydrogen-bond donors (Lipinski definition) is 1. The lowest BCUT2D eigenvalue weighted by atomic mass is 9.85. The van der Waals surface area contributed by atoms with Gasteiger partial charge in [-0.1, -0.05) is 24.4 Å².